The number of amides is 1. The number of aromatic nitrogens is 2. The summed E-state index contributed by atoms with van der Waals surface area (Å²) in [5.74, 6) is -0.253. The lowest BCUT2D eigenvalue weighted by Crippen LogP contribution is -2.58. The van der Waals surface area contributed by atoms with E-state index < -0.39 is 21.0 Å². The molecule has 1 saturated heterocycles. The molecule has 0 aromatic carbocycles. The van der Waals surface area contributed by atoms with Gasteiger partial charge in [-0.2, -0.15) is 0 Å². The van der Waals surface area contributed by atoms with Gasteiger partial charge < -0.3 is 9.47 Å². The molecule has 1 amide bonds. The largest absolute Gasteiger partial charge is 0.336 e. The number of fused-ring (bicyclic) bond motifs is 1. The molecular weight excluding hydrogens is 366 g/mol. The fraction of sp³-hybridized carbons (Fsp3) is 0.526. The molecule has 0 N–H and O–H groups in total. The zero-order valence-corrected chi connectivity index (χ0v) is 16.9. The second kappa shape index (κ2) is 7.07. The molecule has 1 fully saturated rings. The Labute approximate surface area is 158 Å². The second-order valence-corrected chi connectivity index (χ2v) is 9.86. The summed E-state index contributed by atoms with van der Waals surface area (Å²) < 4.78 is 26.4. The van der Waals surface area contributed by atoms with Gasteiger partial charge in [0.1, 0.15) is 11.2 Å². The lowest BCUT2D eigenvalue weighted by Gasteiger charge is -2.38. The molecule has 0 bridgehead atoms. The van der Waals surface area contributed by atoms with Crippen LogP contribution in [0.2, 0.25) is 0 Å². The third-order valence-corrected chi connectivity index (χ3v) is 7.29. The van der Waals surface area contributed by atoms with Crippen molar-refractivity contribution in [3.63, 3.8) is 0 Å². The van der Waals surface area contributed by atoms with Crippen molar-refractivity contribution in [2.24, 2.45) is 5.92 Å². The number of aryl methyl sites for hydroxylation is 2. The maximum atomic E-state index is 12.8. The molecule has 27 heavy (non-hydrogen) atoms. The Balaban J connectivity index is 1.89. The highest BCUT2D eigenvalue weighted by Gasteiger charge is 2.40. The molecule has 2 aromatic rings. The molecule has 2 aromatic heterocycles. The minimum Gasteiger partial charge on any atom is -0.336 e. The van der Waals surface area contributed by atoms with Crippen molar-refractivity contribution >= 4 is 26.8 Å². The molecule has 0 atom stereocenters. The average Bonchev–Trinajstić information content (AvgIpc) is 2.52. The number of hydrogen-bond donors (Lipinski definition) is 0. The molecule has 0 unspecified atom stereocenters. The van der Waals surface area contributed by atoms with Gasteiger partial charge in [-0.15, -0.1) is 0 Å². The average molecular weight is 391 g/mol. The smallest absolute Gasteiger partial charge is 0.259 e. The molecular formula is C19H25N3O4S. The zero-order valence-electron chi connectivity index (χ0n) is 16.1. The molecule has 8 heteroatoms. The summed E-state index contributed by atoms with van der Waals surface area (Å²) >= 11 is 0. The van der Waals surface area contributed by atoms with Crippen LogP contribution in [0, 0.1) is 12.8 Å². The first-order valence-corrected chi connectivity index (χ1v) is 10.9. The normalized spacial score (nSPS) is 15.4. The number of carbonyl (C=O) groups is 1. The molecule has 0 radical (unpaired) electrons. The van der Waals surface area contributed by atoms with Crippen LogP contribution < -0.4 is 5.43 Å². The van der Waals surface area contributed by atoms with E-state index in [1.807, 2.05) is 27.7 Å². The number of nitrogens with zero attached hydrogens (tertiary/aromatic N) is 3. The number of carbonyl (C=O) groups excluding carboxylic acids is 1. The first-order chi connectivity index (χ1) is 12.6. The molecule has 0 saturated carbocycles. The predicted octanol–water partition coefficient (Wildman–Crippen LogP) is 1.62. The Morgan fingerprint density at radius 1 is 1.30 bits per heavy atom. The highest BCUT2D eigenvalue weighted by Crippen LogP contribution is 2.21. The van der Waals surface area contributed by atoms with Crippen LogP contribution >= 0.6 is 0 Å². The van der Waals surface area contributed by atoms with E-state index in [0.717, 1.165) is 5.69 Å². The topological polar surface area (TPSA) is 89.3 Å². The van der Waals surface area contributed by atoms with Crippen LogP contribution in [0.15, 0.2) is 23.1 Å². The van der Waals surface area contributed by atoms with E-state index in [9.17, 15) is 18.0 Å². The van der Waals surface area contributed by atoms with E-state index in [2.05, 4.69) is 4.98 Å². The molecule has 146 valence electrons. The van der Waals surface area contributed by atoms with Gasteiger partial charge in [-0.3, -0.25) is 9.59 Å². The van der Waals surface area contributed by atoms with Crippen LogP contribution in [0.25, 0.3) is 11.0 Å². The Morgan fingerprint density at radius 2 is 1.96 bits per heavy atom. The van der Waals surface area contributed by atoms with Gasteiger partial charge in [0.05, 0.1) is 16.4 Å². The monoisotopic (exact) mass is 391 g/mol. The highest BCUT2D eigenvalue weighted by molar-refractivity contribution is 7.92. The summed E-state index contributed by atoms with van der Waals surface area (Å²) in [5.41, 5.74) is 1.06. The first-order valence-electron chi connectivity index (χ1n) is 9.15. The molecule has 3 rings (SSSR count). The van der Waals surface area contributed by atoms with Crippen molar-refractivity contribution < 1.29 is 13.2 Å². The van der Waals surface area contributed by atoms with Crippen molar-refractivity contribution in [2.75, 3.05) is 18.8 Å². The quantitative estimate of drug-likeness (QED) is 0.773. The van der Waals surface area contributed by atoms with E-state index in [1.165, 1.54) is 11.1 Å². The highest BCUT2D eigenvalue weighted by atomic mass is 32.2. The Kier molecular flexibility index (Phi) is 5.12. The van der Waals surface area contributed by atoms with Crippen molar-refractivity contribution in [1.82, 2.24) is 14.5 Å². The molecule has 1 aliphatic rings. The Morgan fingerprint density at radius 3 is 2.56 bits per heavy atom. The predicted molar refractivity (Wildman–Crippen MR) is 105 cm³/mol. The van der Waals surface area contributed by atoms with Crippen molar-refractivity contribution in [3.05, 3.63) is 39.8 Å². The number of pyridine rings is 2. The Hall–Kier alpha value is -2.22. The van der Waals surface area contributed by atoms with Crippen LogP contribution in [0.4, 0.5) is 0 Å². The van der Waals surface area contributed by atoms with Gasteiger partial charge in [-0.1, -0.05) is 13.8 Å². The third-order valence-electron chi connectivity index (χ3n) is 4.84. The number of likely N-dealkylation sites (tertiary alicyclic amines) is 1. The van der Waals surface area contributed by atoms with E-state index in [-0.39, 0.29) is 35.8 Å². The summed E-state index contributed by atoms with van der Waals surface area (Å²) in [6, 6.07) is 3.44. The number of rotatable bonds is 5. The third kappa shape index (κ3) is 3.63. The Bertz CT molecular complexity index is 1050. The van der Waals surface area contributed by atoms with E-state index in [0.29, 0.717) is 17.6 Å². The fourth-order valence-corrected chi connectivity index (χ4v) is 5.37. The van der Waals surface area contributed by atoms with Gasteiger partial charge in [0, 0.05) is 31.5 Å². The van der Waals surface area contributed by atoms with Crippen LogP contribution in [0.5, 0.6) is 0 Å². The summed E-state index contributed by atoms with van der Waals surface area (Å²) in [6.45, 7) is 8.33. The van der Waals surface area contributed by atoms with Gasteiger partial charge in [0.15, 0.2) is 9.84 Å². The van der Waals surface area contributed by atoms with E-state index in [1.54, 1.807) is 16.7 Å². The van der Waals surface area contributed by atoms with Crippen LogP contribution in [-0.2, 0) is 16.4 Å². The van der Waals surface area contributed by atoms with Gasteiger partial charge in [-0.25, -0.2) is 13.4 Å². The number of sulfone groups is 1. The fourth-order valence-electron chi connectivity index (χ4n) is 3.36. The van der Waals surface area contributed by atoms with Crippen LogP contribution in [0.1, 0.15) is 36.8 Å². The molecule has 0 aliphatic carbocycles. The van der Waals surface area contributed by atoms with Crippen molar-refractivity contribution in [1.29, 1.82) is 0 Å². The standard InChI is InChI=1S/C19H25N3O4S/c1-5-21-10-16(17(23)15-7-6-13(4)20-18(15)21)19(24)22-8-14(9-22)27(25,26)11-12(2)3/h6-7,10,12,14H,5,8-9,11H2,1-4H3. The molecule has 3 heterocycles. The van der Waals surface area contributed by atoms with Gasteiger partial charge in [-0.05, 0) is 31.9 Å². The van der Waals surface area contributed by atoms with Gasteiger partial charge in [0.25, 0.3) is 5.91 Å². The minimum absolute atomic E-state index is 0.0490. The maximum Gasteiger partial charge on any atom is 0.259 e. The van der Waals surface area contributed by atoms with E-state index in [4.69, 9.17) is 0 Å². The van der Waals surface area contributed by atoms with Crippen LogP contribution in [-0.4, -0.2) is 52.9 Å². The number of hydrogen-bond acceptors (Lipinski definition) is 5. The summed E-state index contributed by atoms with van der Waals surface area (Å²) in [5, 5.41) is -0.139. The summed E-state index contributed by atoms with van der Waals surface area (Å²) in [4.78, 5) is 31.5. The van der Waals surface area contributed by atoms with Crippen molar-refractivity contribution in [2.45, 2.75) is 39.5 Å². The van der Waals surface area contributed by atoms with Gasteiger partial charge >= 0.3 is 0 Å². The minimum atomic E-state index is -3.22. The first kappa shape index (κ1) is 19.5. The second-order valence-electron chi connectivity index (χ2n) is 7.54. The summed E-state index contributed by atoms with van der Waals surface area (Å²) in [6.07, 6.45) is 1.54. The zero-order chi connectivity index (χ0) is 19.9. The molecule has 1 aliphatic heterocycles. The summed E-state index contributed by atoms with van der Waals surface area (Å²) in [7, 11) is -3.22. The molecule has 0 spiro atoms. The SMILES string of the molecule is CCn1cc(C(=O)N2CC(S(=O)(=O)CC(C)C)C2)c(=O)c2ccc(C)nc21. The van der Waals surface area contributed by atoms with Gasteiger partial charge in [0.2, 0.25) is 5.43 Å². The van der Waals surface area contributed by atoms with Crippen LogP contribution in [0.3, 0.4) is 0 Å². The lowest BCUT2D eigenvalue weighted by atomic mass is 10.1. The van der Waals surface area contributed by atoms with Crippen molar-refractivity contribution in [3.8, 4) is 0 Å². The molecule has 7 nitrogen and oxygen atoms in total. The van der Waals surface area contributed by atoms with E-state index >= 15 is 0 Å². The lowest BCUT2D eigenvalue weighted by molar-refractivity contribution is 0.0657. The maximum absolute atomic E-state index is 12.8.